The lowest BCUT2D eigenvalue weighted by Crippen LogP contribution is -2.09. The van der Waals surface area contributed by atoms with E-state index < -0.39 is 0 Å². The first-order valence-corrected chi connectivity index (χ1v) is 5.22. The number of benzene rings is 1. The van der Waals surface area contributed by atoms with Crippen LogP contribution in [0.2, 0.25) is 0 Å². The van der Waals surface area contributed by atoms with Crippen LogP contribution in [0, 0.1) is 5.82 Å². The van der Waals surface area contributed by atoms with Gasteiger partial charge in [0.1, 0.15) is 11.4 Å². The third-order valence-corrected chi connectivity index (χ3v) is 3.08. The van der Waals surface area contributed by atoms with Gasteiger partial charge < -0.3 is 9.73 Å². The molecule has 1 unspecified atom stereocenters. The molecule has 1 atom stereocenters. The standard InChI is InChI=1S/C12H12FNO/c13-10-2-1-8-4-6-15-12(8)11(10)9-3-5-14-7-9/h1-2,4,6,9,14H,3,5,7H2. The van der Waals surface area contributed by atoms with Gasteiger partial charge in [-0.15, -0.1) is 0 Å². The molecule has 1 aliphatic rings. The quantitative estimate of drug-likeness (QED) is 0.774. The van der Waals surface area contributed by atoms with Crippen molar-refractivity contribution < 1.29 is 8.81 Å². The molecule has 0 saturated carbocycles. The molecule has 2 nitrogen and oxygen atoms in total. The summed E-state index contributed by atoms with van der Waals surface area (Å²) >= 11 is 0. The number of hydrogen-bond donors (Lipinski definition) is 1. The van der Waals surface area contributed by atoms with E-state index in [1.807, 2.05) is 6.07 Å². The molecular weight excluding hydrogens is 193 g/mol. The van der Waals surface area contributed by atoms with Crippen LogP contribution in [0.4, 0.5) is 4.39 Å². The fraction of sp³-hybridized carbons (Fsp3) is 0.333. The molecule has 1 fully saturated rings. The van der Waals surface area contributed by atoms with Crippen LogP contribution in [0.5, 0.6) is 0 Å². The van der Waals surface area contributed by atoms with E-state index in [2.05, 4.69) is 5.32 Å². The second-order valence-corrected chi connectivity index (χ2v) is 3.99. The minimum atomic E-state index is -0.147. The number of fused-ring (bicyclic) bond motifs is 1. The Morgan fingerprint density at radius 1 is 1.33 bits per heavy atom. The Hall–Kier alpha value is -1.35. The molecule has 2 aromatic rings. The molecule has 0 spiro atoms. The fourth-order valence-corrected chi connectivity index (χ4v) is 2.31. The number of rotatable bonds is 1. The molecule has 0 bridgehead atoms. The molecule has 2 heterocycles. The molecular formula is C12H12FNO. The molecule has 1 aromatic carbocycles. The fourth-order valence-electron chi connectivity index (χ4n) is 2.31. The highest BCUT2D eigenvalue weighted by atomic mass is 19.1. The third-order valence-electron chi connectivity index (χ3n) is 3.08. The average Bonchev–Trinajstić information content (AvgIpc) is 2.85. The van der Waals surface area contributed by atoms with Gasteiger partial charge in [0.25, 0.3) is 0 Å². The monoisotopic (exact) mass is 205 g/mol. The summed E-state index contributed by atoms with van der Waals surface area (Å²) in [5, 5.41) is 4.23. The molecule has 15 heavy (non-hydrogen) atoms. The van der Waals surface area contributed by atoms with Gasteiger partial charge in [0.2, 0.25) is 0 Å². The molecule has 78 valence electrons. The predicted octanol–water partition coefficient (Wildman–Crippen LogP) is 2.65. The van der Waals surface area contributed by atoms with Gasteiger partial charge in [-0.1, -0.05) is 0 Å². The van der Waals surface area contributed by atoms with Crippen LogP contribution in [0.15, 0.2) is 28.9 Å². The van der Waals surface area contributed by atoms with Gasteiger partial charge in [0.05, 0.1) is 6.26 Å². The summed E-state index contributed by atoms with van der Waals surface area (Å²) in [5.41, 5.74) is 1.45. The number of hydrogen-bond acceptors (Lipinski definition) is 2. The molecule has 0 radical (unpaired) electrons. The van der Waals surface area contributed by atoms with Crippen LogP contribution < -0.4 is 5.32 Å². The lowest BCUT2D eigenvalue weighted by molar-refractivity contribution is 0.564. The molecule has 0 amide bonds. The maximum absolute atomic E-state index is 13.8. The molecule has 1 saturated heterocycles. The van der Waals surface area contributed by atoms with E-state index in [0.717, 1.165) is 30.5 Å². The lowest BCUT2D eigenvalue weighted by atomic mass is 9.96. The van der Waals surface area contributed by atoms with Crippen LogP contribution >= 0.6 is 0 Å². The summed E-state index contributed by atoms with van der Waals surface area (Å²) in [7, 11) is 0. The van der Waals surface area contributed by atoms with Crippen LogP contribution in [-0.4, -0.2) is 13.1 Å². The van der Waals surface area contributed by atoms with E-state index in [0.29, 0.717) is 5.58 Å². The summed E-state index contributed by atoms with van der Waals surface area (Å²) in [4.78, 5) is 0. The van der Waals surface area contributed by atoms with Crippen molar-refractivity contribution in [2.45, 2.75) is 12.3 Å². The maximum Gasteiger partial charge on any atom is 0.140 e. The van der Waals surface area contributed by atoms with Crippen LogP contribution in [0.1, 0.15) is 17.9 Å². The number of halogens is 1. The SMILES string of the molecule is Fc1ccc2ccoc2c1C1CCNC1. The van der Waals surface area contributed by atoms with Crippen molar-refractivity contribution in [1.82, 2.24) is 5.32 Å². The van der Waals surface area contributed by atoms with Gasteiger partial charge in [-0.3, -0.25) is 0 Å². The van der Waals surface area contributed by atoms with E-state index in [9.17, 15) is 4.39 Å². The van der Waals surface area contributed by atoms with Gasteiger partial charge in [0.15, 0.2) is 0 Å². The minimum Gasteiger partial charge on any atom is -0.464 e. The highest BCUT2D eigenvalue weighted by Crippen LogP contribution is 2.32. The molecule has 0 aliphatic carbocycles. The topological polar surface area (TPSA) is 25.2 Å². The smallest absolute Gasteiger partial charge is 0.140 e. The first kappa shape index (κ1) is 8.92. The maximum atomic E-state index is 13.8. The van der Waals surface area contributed by atoms with Crippen molar-refractivity contribution in [3.8, 4) is 0 Å². The van der Waals surface area contributed by atoms with Gasteiger partial charge in [-0.2, -0.15) is 0 Å². The normalized spacial score (nSPS) is 21.3. The Morgan fingerprint density at radius 2 is 2.27 bits per heavy atom. The summed E-state index contributed by atoms with van der Waals surface area (Å²) in [6.07, 6.45) is 2.60. The van der Waals surface area contributed by atoms with E-state index >= 15 is 0 Å². The van der Waals surface area contributed by atoms with Crippen molar-refractivity contribution in [2.75, 3.05) is 13.1 Å². The van der Waals surface area contributed by atoms with Crippen LogP contribution in [0.3, 0.4) is 0 Å². The van der Waals surface area contributed by atoms with Crippen molar-refractivity contribution in [3.05, 3.63) is 35.8 Å². The Morgan fingerprint density at radius 3 is 3.07 bits per heavy atom. The largest absolute Gasteiger partial charge is 0.464 e. The summed E-state index contributed by atoms with van der Waals surface area (Å²) < 4.78 is 19.1. The van der Waals surface area contributed by atoms with Gasteiger partial charge in [0, 0.05) is 23.4 Å². The zero-order chi connectivity index (χ0) is 10.3. The lowest BCUT2D eigenvalue weighted by Gasteiger charge is -2.10. The Bertz CT molecular complexity index is 485. The van der Waals surface area contributed by atoms with Crippen LogP contribution in [0.25, 0.3) is 11.0 Å². The summed E-state index contributed by atoms with van der Waals surface area (Å²) in [6.45, 7) is 1.80. The van der Waals surface area contributed by atoms with E-state index in [1.165, 1.54) is 6.07 Å². The highest BCUT2D eigenvalue weighted by Gasteiger charge is 2.23. The zero-order valence-electron chi connectivity index (χ0n) is 8.29. The number of nitrogens with one attached hydrogen (secondary N) is 1. The molecule has 1 aliphatic heterocycles. The van der Waals surface area contributed by atoms with Crippen molar-refractivity contribution in [1.29, 1.82) is 0 Å². The van der Waals surface area contributed by atoms with E-state index in [-0.39, 0.29) is 11.7 Å². The van der Waals surface area contributed by atoms with Crippen LogP contribution in [-0.2, 0) is 0 Å². The second kappa shape index (κ2) is 3.35. The second-order valence-electron chi connectivity index (χ2n) is 3.99. The summed E-state index contributed by atoms with van der Waals surface area (Å²) in [6, 6.07) is 5.17. The van der Waals surface area contributed by atoms with Crippen molar-refractivity contribution in [3.63, 3.8) is 0 Å². The zero-order valence-corrected chi connectivity index (χ0v) is 8.29. The van der Waals surface area contributed by atoms with Gasteiger partial charge in [-0.05, 0) is 31.2 Å². The molecule has 3 rings (SSSR count). The van der Waals surface area contributed by atoms with Crippen molar-refractivity contribution in [2.24, 2.45) is 0 Å². The molecule has 3 heteroatoms. The van der Waals surface area contributed by atoms with Crippen molar-refractivity contribution >= 4 is 11.0 Å². The average molecular weight is 205 g/mol. The van der Waals surface area contributed by atoms with E-state index in [4.69, 9.17) is 4.42 Å². The Balaban J connectivity index is 2.21. The Kier molecular flexibility index (Phi) is 1.99. The molecule has 1 N–H and O–H groups in total. The first-order chi connectivity index (χ1) is 7.36. The Labute approximate surface area is 87.1 Å². The van der Waals surface area contributed by atoms with E-state index in [1.54, 1.807) is 12.3 Å². The van der Waals surface area contributed by atoms with Gasteiger partial charge in [-0.25, -0.2) is 4.39 Å². The summed E-state index contributed by atoms with van der Waals surface area (Å²) in [5.74, 6) is 0.103. The predicted molar refractivity (Wildman–Crippen MR) is 56.4 cm³/mol. The minimum absolute atomic E-state index is 0.147. The highest BCUT2D eigenvalue weighted by molar-refractivity contribution is 5.81. The third kappa shape index (κ3) is 1.35. The number of furan rings is 1. The first-order valence-electron chi connectivity index (χ1n) is 5.22. The molecule has 1 aromatic heterocycles. The van der Waals surface area contributed by atoms with Gasteiger partial charge >= 0.3 is 0 Å².